The highest BCUT2D eigenvalue weighted by molar-refractivity contribution is 5.34. The van der Waals surface area contributed by atoms with Crippen molar-refractivity contribution in [1.82, 2.24) is 0 Å². The molecule has 3 N–H and O–H groups in total. The fourth-order valence-electron chi connectivity index (χ4n) is 3.00. The summed E-state index contributed by atoms with van der Waals surface area (Å²) in [6.07, 6.45) is 1.62. The molecule has 0 bridgehead atoms. The molecule has 3 heteroatoms. The van der Waals surface area contributed by atoms with E-state index in [1.165, 1.54) is 11.1 Å². The van der Waals surface area contributed by atoms with E-state index in [4.69, 9.17) is 10.5 Å². The SMILES string of the molecule is Cc1ccc(C(C)(O)C2(CN)CCOCC2)cc1C. The summed E-state index contributed by atoms with van der Waals surface area (Å²) in [6, 6.07) is 6.18. The van der Waals surface area contributed by atoms with Crippen molar-refractivity contribution in [2.45, 2.75) is 39.2 Å². The van der Waals surface area contributed by atoms with Crippen molar-refractivity contribution in [3.63, 3.8) is 0 Å². The minimum absolute atomic E-state index is 0.285. The monoisotopic (exact) mass is 263 g/mol. The van der Waals surface area contributed by atoms with E-state index >= 15 is 0 Å². The van der Waals surface area contributed by atoms with Crippen LogP contribution < -0.4 is 5.73 Å². The van der Waals surface area contributed by atoms with Gasteiger partial charge in [-0.25, -0.2) is 0 Å². The number of nitrogens with two attached hydrogens (primary N) is 1. The van der Waals surface area contributed by atoms with E-state index in [0.29, 0.717) is 19.8 Å². The Morgan fingerprint density at radius 3 is 2.42 bits per heavy atom. The quantitative estimate of drug-likeness (QED) is 0.879. The topological polar surface area (TPSA) is 55.5 Å². The lowest BCUT2D eigenvalue weighted by Gasteiger charge is -2.47. The molecule has 3 nitrogen and oxygen atoms in total. The molecule has 0 radical (unpaired) electrons. The van der Waals surface area contributed by atoms with E-state index in [1.807, 2.05) is 13.0 Å². The van der Waals surface area contributed by atoms with Crippen LogP contribution in [0, 0.1) is 19.3 Å². The van der Waals surface area contributed by atoms with Crippen LogP contribution in [0.1, 0.15) is 36.5 Å². The van der Waals surface area contributed by atoms with Crippen molar-refractivity contribution in [3.8, 4) is 0 Å². The maximum Gasteiger partial charge on any atom is 0.0938 e. The van der Waals surface area contributed by atoms with E-state index in [2.05, 4.69) is 26.0 Å². The zero-order chi connectivity index (χ0) is 14.1. The van der Waals surface area contributed by atoms with E-state index in [-0.39, 0.29) is 5.41 Å². The molecule has 1 aliphatic heterocycles. The summed E-state index contributed by atoms with van der Waals surface area (Å²) in [5.74, 6) is 0. The number of benzene rings is 1. The first-order valence-electron chi connectivity index (χ1n) is 7.01. The van der Waals surface area contributed by atoms with Crippen molar-refractivity contribution in [1.29, 1.82) is 0 Å². The Morgan fingerprint density at radius 2 is 1.89 bits per heavy atom. The molecule has 0 aromatic heterocycles. The molecule has 1 fully saturated rings. The molecule has 1 unspecified atom stereocenters. The number of aliphatic hydroxyl groups is 1. The Hall–Kier alpha value is -0.900. The van der Waals surface area contributed by atoms with E-state index in [9.17, 15) is 5.11 Å². The number of rotatable bonds is 3. The van der Waals surface area contributed by atoms with Gasteiger partial charge in [-0.05, 0) is 50.3 Å². The van der Waals surface area contributed by atoms with Gasteiger partial charge in [0.15, 0.2) is 0 Å². The maximum absolute atomic E-state index is 11.1. The van der Waals surface area contributed by atoms with Crippen LogP contribution in [0.2, 0.25) is 0 Å². The normalized spacial score (nSPS) is 21.9. The number of ether oxygens (including phenoxy) is 1. The van der Waals surface area contributed by atoms with Crippen LogP contribution in [-0.2, 0) is 10.3 Å². The van der Waals surface area contributed by atoms with Gasteiger partial charge in [0.2, 0.25) is 0 Å². The fourth-order valence-corrected chi connectivity index (χ4v) is 3.00. The van der Waals surface area contributed by atoms with Gasteiger partial charge in [0.05, 0.1) is 5.60 Å². The van der Waals surface area contributed by atoms with E-state index in [1.54, 1.807) is 0 Å². The molecule has 0 amide bonds. The first-order valence-corrected chi connectivity index (χ1v) is 7.01. The van der Waals surface area contributed by atoms with E-state index < -0.39 is 5.60 Å². The molecule has 1 aromatic rings. The van der Waals surface area contributed by atoms with Gasteiger partial charge < -0.3 is 15.6 Å². The second-order valence-corrected chi connectivity index (χ2v) is 5.97. The molecule has 0 saturated carbocycles. The zero-order valence-corrected chi connectivity index (χ0v) is 12.2. The predicted octanol–water partition coefficient (Wildman–Crippen LogP) is 2.27. The minimum Gasteiger partial charge on any atom is -0.385 e. The lowest BCUT2D eigenvalue weighted by molar-refractivity contribution is -0.123. The Balaban J connectivity index is 2.41. The highest BCUT2D eigenvalue weighted by atomic mass is 16.5. The maximum atomic E-state index is 11.1. The summed E-state index contributed by atoms with van der Waals surface area (Å²) in [5, 5.41) is 11.1. The Kier molecular flexibility index (Phi) is 4.00. The van der Waals surface area contributed by atoms with Gasteiger partial charge in [0.25, 0.3) is 0 Å². The van der Waals surface area contributed by atoms with Crippen LogP contribution in [-0.4, -0.2) is 24.9 Å². The highest BCUT2D eigenvalue weighted by Crippen LogP contribution is 2.46. The molecule has 1 saturated heterocycles. The first-order chi connectivity index (χ1) is 8.93. The predicted molar refractivity (Wildman–Crippen MR) is 77.0 cm³/mol. The van der Waals surface area contributed by atoms with Crippen LogP contribution in [0.3, 0.4) is 0 Å². The summed E-state index contributed by atoms with van der Waals surface area (Å²) in [4.78, 5) is 0. The zero-order valence-electron chi connectivity index (χ0n) is 12.2. The van der Waals surface area contributed by atoms with Gasteiger partial charge >= 0.3 is 0 Å². The lowest BCUT2D eigenvalue weighted by Crippen LogP contribution is -2.51. The summed E-state index contributed by atoms with van der Waals surface area (Å²) in [5.41, 5.74) is 8.23. The second kappa shape index (κ2) is 5.23. The number of hydrogen-bond donors (Lipinski definition) is 2. The molecule has 0 spiro atoms. The summed E-state index contributed by atoms with van der Waals surface area (Å²) in [7, 11) is 0. The van der Waals surface area contributed by atoms with Crippen LogP contribution in [0.4, 0.5) is 0 Å². The summed E-state index contributed by atoms with van der Waals surface area (Å²) >= 11 is 0. The van der Waals surface area contributed by atoms with Crippen LogP contribution in [0.25, 0.3) is 0 Å². The second-order valence-electron chi connectivity index (χ2n) is 5.97. The van der Waals surface area contributed by atoms with Crippen molar-refractivity contribution in [2.24, 2.45) is 11.1 Å². The smallest absolute Gasteiger partial charge is 0.0938 e. The fraction of sp³-hybridized carbons (Fsp3) is 0.625. The van der Waals surface area contributed by atoms with Gasteiger partial charge in [-0.3, -0.25) is 0 Å². The van der Waals surface area contributed by atoms with Crippen molar-refractivity contribution in [2.75, 3.05) is 19.8 Å². The Labute approximate surface area is 115 Å². The van der Waals surface area contributed by atoms with Gasteiger partial charge in [-0.15, -0.1) is 0 Å². The average Bonchev–Trinajstić information content (AvgIpc) is 2.42. The van der Waals surface area contributed by atoms with Gasteiger partial charge in [-0.1, -0.05) is 18.2 Å². The van der Waals surface area contributed by atoms with Crippen molar-refractivity contribution >= 4 is 0 Å². The molecule has 0 aliphatic carbocycles. The summed E-state index contributed by atoms with van der Waals surface area (Å²) < 4.78 is 5.43. The van der Waals surface area contributed by atoms with Crippen LogP contribution >= 0.6 is 0 Å². The third kappa shape index (κ3) is 2.42. The molecule has 1 heterocycles. The summed E-state index contributed by atoms with van der Waals surface area (Å²) in [6.45, 7) is 7.90. The van der Waals surface area contributed by atoms with Gasteiger partial charge in [0.1, 0.15) is 0 Å². The molecule has 19 heavy (non-hydrogen) atoms. The molecule has 2 rings (SSSR count). The molecular formula is C16H25NO2. The van der Waals surface area contributed by atoms with Crippen molar-refractivity contribution < 1.29 is 9.84 Å². The first kappa shape index (κ1) is 14.5. The average molecular weight is 263 g/mol. The largest absolute Gasteiger partial charge is 0.385 e. The molecular weight excluding hydrogens is 238 g/mol. The standard InChI is InChI=1S/C16H25NO2/c1-12-4-5-14(10-13(12)2)15(3,18)16(11-17)6-8-19-9-7-16/h4-5,10,18H,6-9,11,17H2,1-3H3. The van der Waals surface area contributed by atoms with E-state index in [0.717, 1.165) is 18.4 Å². The van der Waals surface area contributed by atoms with Crippen molar-refractivity contribution in [3.05, 3.63) is 34.9 Å². The Bertz CT molecular complexity index is 448. The van der Waals surface area contributed by atoms with Gasteiger partial charge in [0, 0.05) is 25.2 Å². The Morgan fingerprint density at radius 1 is 1.26 bits per heavy atom. The molecule has 1 atom stereocenters. The number of aryl methyl sites for hydroxylation is 2. The lowest BCUT2D eigenvalue weighted by atomic mass is 9.64. The van der Waals surface area contributed by atoms with Crippen LogP contribution in [0.15, 0.2) is 18.2 Å². The third-order valence-electron chi connectivity index (χ3n) is 4.94. The van der Waals surface area contributed by atoms with Crippen LogP contribution in [0.5, 0.6) is 0 Å². The molecule has 1 aliphatic rings. The van der Waals surface area contributed by atoms with Gasteiger partial charge in [-0.2, -0.15) is 0 Å². The molecule has 1 aromatic carbocycles. The minimum atomic E-state index is -0.913. The highest BCUT2D eigenvalue weighted by Gasteiger charge is 2.48. The third-order valence-corrected chi connectivity index (χ3v) is 4.94. The number of hydrogen-bond acceptors (Lipinski definition) is 3. The molecule has 106 valence electrons.